The molecule has 0 radical (unpaired) electrons. The summed E-state index contributed by atoms with van der Waals surface area (Å²) in [5.41, 5.74) is 2.15. The number of aliphatic hydroxyl groups is 1. The van der Waals surface area contributed by atoms with Crippen molar-refractivity contribution in [1.82, 2.24) is 4.90 Å². The van der Waals surface area contributed by atoms with Crippen molar-refractivity contribution in [2.24, 2.45) is 5.92 Å². The number of ether oxygens (including phenoxy) is 1. The molecule has 3 heterocycles. The Morgan fingerprint density at radius 3 is 2.32 bits per heavy atom. The van der Waals surface area contributed by atoms with E-state index in [1.54, 1.807) is 14.7 Å². The summed E-state index contributed by atoms with van der Waals surface area (Å²) in [6.07, 6.45) is 1.49. The van der Waals surface area contributed by atoms with E-state index < -0.39 is 31.5 Å². The van der Waals surface area contributed by atoms with Crippen molar-refractivity contribution < 1.29 is 29.0 Å². The van der Waals surface area contributed by atoms with Gasteiger partial charge in [0.1, 0.15) is 0 Å². The highest BCUT2D eigenvalue weighted by atomic mass is 28.4. The van der Waals surface area contributed by atoms with Crippen LogP contribution in [-0.2, 0) is 37.8 Å². The van der Waals surface area contributed by atoms with E-state index in [0.717, 1.165) is 29.7 Å². The largest absolute Gasteiger partial charge is 0.432 e. The topological polar surface area (TPSA) is 111 Å². The molecule has 2 N–H and O–H groups in total. The van der Waals surface area contributed by atoms with Gasteiger partial charge in [0.05, 0.1) is 31.4 Å². The maximum absolute atomic E-state index is 14.9. The lowest BCUT2D eigenvalue weighted by Crippen LogP contribution is -2.46. The minimum Gasteiger partial charge on any atom is -0.432 e. The number of piperidine rings is 1. The molecule has 47 heavy (non-hydrogen) atoms. The van der Waals surface area contributed by atoms with Gasteiger partial charge in [-0.2, -0.15) is 0 Å². The molecule has 4 atom stereocenters. The maximum Gasteiger partial charge on any atom is 0.264 e. The van der Waals surface area contributed by atoms with E-state index >= 15 is 0 Å². The standard InChI is InChI=1S/C37H45N3O6Si/c1-26-35(47(2,3)45)32(23-34(43)38(20-21-41)24-27-12-6-4-7-13-27)46-37(26)30-22-29(39-19-11-10-16-33(39)42)17-18-31(30)40(36(37)44)25-28-14-8-5-9-15-28/h4-9,12-15,17-18,22,26,32,35,41,45H,10-11,16,19-21,23-25H2,1-3H3/t26-,32+,35-,37+/m0/s1. The summed E-state index contributed by atoms with van der Waals surface area (Å²) >= 11 is 0. The minimum absolute atomic E-state index is 0.0355. The van der Waals surface area contributed by atoms with Crippen LogP contribution in [0.15, 0.2) is 78.9 Å². The fraction of sp³-hybridized carbons (Fsp3) is 0.432. The summed E-state index contributed by atoms with van der Waals surface area (Å²) in [7, 11) is -3.02. The van der Waals surface area contributed by atoms with Crippen molar-refractivity contribution in [3.05, 3.63) is 95.6 Å². The van der Waals surface area contributed by atoms with E-state index in [-0.39, 0.29) is 37.3 Å². The number of benzene rings is 3. The number of fused-ring (bicyclic) bond motifs is 2. The van der Waals surface area contributed by atoms with E-state index in [0.29, 0.717) is 37.3 Å². The van der Waals surface area contributed by atoms with E-state index in [4.69, 9.17) is 4.74 Å². The summed E-state index contributed by atoms with van der Waals surface area (Å²) in [5.74, 6) is -0.823. The molecule has 0 saturated carbocycles. The van der Waals surface area contributed by atoms with E-state index in [9.17, 15) is 24.3 Å². The highest BCUT2D eigenvalue weighted by molar-refractivity contribution is 6.71. The second-order valence-electron chi connectivity index (χ2n) is 13.7. The Morgan fingerprint density at radius 2 is 1.68 bits per heavy atom. The van der Waals surface area contributed by atoms with Crippen molar-refractivity contribution in [3.8, 4) is 0 Å². The molecule has 0 bridgehead atoms. The van der Waals surface area contributed by atoms with Gasteiger partial charge in [-0.05, 0) is 55.3 Å². The molecule has 0 unspecified atom stereocenters. The molecule has 3 aliphatic rings. The van der Waals surface area contributed by atoms with Crippen molar-refractivity contribution in [2.45, 2.75) is 76.0 Å². The number of aliphatic hydroxyl groups excluding tert-OH is 1. The highest BCUT2D eigenvalue weighted by Gasteiger charge is 2.66. The number of hydrogen-bond acceptors (Lipinski definition) is 6. The van der Waals surface area contributed by atoms with Gasteiger partial charge in [0, 0.05) is 48.8 Å². The molecule has 10 heteroatoms. The van der Waals surface area contributed by atoms with Gasteiger partial charge in [0.2, 0.25) is 11.8 Å². The number of nitrogens with zero attached hydrogens (tertiary/aromatic N) is 3. The fourth-order valence-electron chi connectivity index (χ4n) is 7.95. The second-order valence-corrected chi connectivity index (χ2v) is 17.6. The van der Waals surface area contributed by atoms with Gasteiger partial charge in [-0.1, -0.05) is 67.6 Å². The smallest absolute Gasteiger partial charge is 0.264 e. The Bertz CT molecular complexity index is 1610. The van der Waals surface area contributed by atoms with Crippen molar-refractivity contribution in [1.29, 1.82) is 0 Å². The zero-order chi connectivity index (χ0) is 33.3. The van der Waals surface area contributed by atoms with Crippen LogP contribution in [0.25, 0.3) is 0 Å². The molecule has 2 fully saturated rings. The lowest BCUT2D eigenvalue weighted by atomic mass is 9.82. The van der Waals surface area contributed by atoms with E-state index in [1.165, 1.54) is 0 Å². The molecule has 248 valence electrons. The predicted molar refractivity (Wildman–Crippen MR) is 183 cm³/mol. The predicted octanol–water partition coefficient (Wildman–Crippen LogP) is 4.96. The van der Waals surface area contributed by atoms with Crippen molar-refractivity contribution in [2.75, 3.05) is 29.5 Å². The van der Waals surface area contributed by atoms with Crippen molar-refractivity contribution in [3.63, 3.8) is 0 Å². The van der Waals surface area contributed by atoms with Gasteiger partial charge in [-0.15, -0.1) is 0 Å². The van der Waals surface area contributed by atoms with Crippen LogP contribution in [0, 0.1) is 5.92 Å². The molecule has 3 aromatic rings. The number of anilines is 2. The molecule has 1 spiro atoms. The maximum atomic E-state index is 14.9. The van der Waals surface area contributed by atoms with Gasteiger partial charge in [0.15, 0.2) is 13.9 Å². The molecular formula is C37H45N3O6Si. The Hall–Kier alpha value is -3.83. The number of rotatable bonds is 10. The molecule has 2 saturated heterocycles. The van der Waals surface area contributed by atoms with Gasteiger partial charge in [-0.25, -0.2) is 0 Å². The molecule has 6 rings (SSSR count). The first-order valence-electron chi connectivity index (χ1n) is 16.7. The van der Waals surface area contributed by atoms with Gasteiger partial charge >= 0.3 is 0 Å². The first-order chi connectivity index (χ1) is 22.5. The third-order valence-electron chi connectivity index (χ3n) is 10.1. The normalized spacial score (nSPS) is 24.2. The van der Waals surface area contributed by atoms with Crippen LogP contribution in [0.1, 0.15) is 49.3 Å². The summed E-state index contributed by atoms with van der Waals surface area (Å²) in [5, 5.41) is 9.83. The van der Waals surface area contributed by atoms with Gasteiger partial charge in [-0.3, -0.25) is 14.4 Å². The first-order valence-corrected chi connectivity index (χ1v) is 19.7. The fourth-order valence-corrected chi connectivity index (χ4v) is 10.5. The van der Waals surface area contributed by atoms with Crippen molar-refractivity contribution >= 4 is 37.4 Å². The quantitative estimate of drug-likeness (QED) is 0.299. The lowest BCUT2D eigenvalue weighted by Gasteiger charge is -2.33. The van der Waals surface area contributed by atoms with Crippen LogP contribution in [0.3, 0.4) is 0 Å². The molecule has 3 aliphatic heterocycles. The average Bonchev–Trinajstić information content (AvgIpc) is 3.48. The minimum atomic E-state index is -3.02. The first kappa shape index (κ1) is 33.1. The lowest BCUT2D eigenvalue weighted by molar-refractivity contribution is -0.150. The van der Waals surface area contributed by atoms with E-state index in [1.807, 2.05) is 98.9 Å². The zero-order valence-corrected chi connectivity index (χ0v) is 28.5. The average molecular weight is 656 g/mol. The SMILES string of the molecule is C[C@H]1[C@H]([Si](C)(C)O)[C@@H](CC(=O)N(CCO)Cc2ccccc2)O[C@]12C(=O)N(Cc1ccccc1)c1ccc(N3CCCCC3=O)cc12. The number of carbonyl (C=O) groups excluding carboxylic acids is 3. The van der Waals surface area contributed by atoms with Crippen LogP contribution in [-0.4, -0.2) is 66.6 Å². The number of hydrogen-bond donors (Lipinski definition) is 2. The molecule has 0 aliphatic carbocycles. The molecule has 9 nitrogen and oxygen atoms in total. The summed E-state index contributed by atoms with van der Waals surface area (Å²) in [4.78, 5) is 58.7. The summed E-state index contributed by atoms with van der Waals surface area (Å²) in [6, 6.07) is 25.1. The molecule has 0 aromatic heterocycles. The second kappa shape index (κ2) is 13.3. The Labute approximate surface area is 277 Å². The molecule has 3 aromatic carbocycles. The number of amides is 3. The van der Waals surface area contributed by atoms with Gasteiger partial charge in [0.25, 0.3) is 5.91 Å². The van der Waals surface area contributed by atoms with Crippen LogP contribution in [0.4, 0.5) is 11.4 Å². The van der Waals surface area contributed by atoms with E-state index in [2.05, 4.69) is 0 Å². The molecule has 3 amide bonds. The third kappa shape index (κ3) is 6.27. The van der Waals surface area contributed by atoms with Crippen LogP contribution in [0.2, 0.25) is 18.6 Å². The Morgan fingerprint density at radius 1 is 1.00 bits per heavy atom. The van der Waals surface area contributed by atoms with Crippen LogP contribution in [0.5, 0.6) is 0 Å². The van der Waals surface area contributed by atoms with Gasteiger partial charge < -0.3 is 29.3 Å². The zero-order valence-electron chi connectivity index (χ0n) is 27.5. The summed E-state index contributed by atoms with van der Waals surface area (Å²) < 4.78 is 6.96. The van der Waals surface area contributed by atoms with Crippen LogP contribution >= 0.6 is 0 Å². The highest BCUT2D eigenvalue weighted by Crippen LogP contribution is 2.60. The monoisotopic (exact) mass is 655 g/mol. The third-order valence-corrected chi connectivity index (χ3v) is 12.6. The summed E-state index contributed by atoms with van der Waals surface area (Å²) in [6.45, 7) is 6.89. The Balaban J connectivity index is 1.40. The molecular weight excluding hydrogens is 611 g/mol. The Kier molecular flexibility index (Phi) is 9.40. The number of carbonyl (C=O) groups is 3. The van der Waals surface area contributed by atoms with Crippen LogP contribution < -0.4 is 9.80 Å².